The lowest BCUT2D eigenvalue weighted by molar-refractivity contribution is 0.0946. The number of carbonyl (C=O) groups excluding carboxylic acids is 1. The minimum absolute atomic E-state index is 0.197. The summed E-state index contributed by atoms with van der Waals surface area (Å²) in [7, 11) is 0. The van der Waals surface area contributed by atoms with Crippen molar-refractivity contribution < 1.29 is 9.21 Å². The predicted octanol–water partition coefficient (Wildman–Crippen LogP) is 1.99. The van der Waals surface area contributed by atoms with Crippen molar-refractivity contribution in [1.29, 1.82) is 0 Å². The first-order valence-electron chi connectivity index (χ1n) is 6.64. The average Bonchev–Trinajstić information content (AvgIpc) is 2.94. The number of amides is 1. The molecule has 2 heterocycles. The van der Waals surface area contributed by atoms with E-state index in [1.807, 2.05) is 13.8 Å². The maximum absolute atomic E-state index is 11.9. The number of rotatable bonds is 6. The highest BCUT2D eigenvalue weighted by Gasteiger charge is 2.08. The van der Waals surface area contributed by atoms with E-state index in [0.29, 0.717) is 11.5 Å². The molecule has 0 saturated carbocycles. The zero-order valence-electron chi connectivity index (χ0n) is 11.6. The summed E-state index contributed by atoms with van der Waals surface area (Å²) in [5.41, 5.74) is 0.508. The molecule has 6 heteroatoms. The highest BCUT2D eigenvalue weighted by molar-refractivity contribution is 5.93. The summed E-state index contributed by atoms with van der Waals surface area (Å²) in [6, 6.07) is 3.51. The number of hydrogen-bond acceptors (Lipinski definition) is 5. The van der Waals surface area contributed by atoms with Crippen molar-refractivity contribution in [3.63, 3.8) is 0 Å². The average molecular weight is 274 g/mol. The van der Waals surface area contributed by atoms with Gasteiger partial charge >= 0.3 is 0 Å². The Morgan fingerprint density at radius 2 is 2.10 bits per heavy atom. The van der Waals surface area contributed by atoms with E-state index in [1.54, 1.807) is 24.5 Å². The second kappa shape index (κ2) is 6.70. The molecule has 0 aliphatic heterocycles. The third-order valence-electron chi connectivity index (χ3n) is 2.73. The van der Waals surface area contributed by atoms with E-state index in [-0.39, 0.29) is 12.5 Å². The van der Waals surface area contributed by atoms with Gasteiger partial charge in [-0.2, -0.15) is 0 Å². The molecule has 2 N–H and O–H groups in total. The summed E-state index contributed by atoms with van der Waals surface area (Å²) < 4.78 is 5.42. The molecule has 0 aromatic carbocycles. The molecule has 2 aromatic heterocycles. The van der Waals surface area contributed by atoms with Gasteiger partial charge in [-0.3, -0.25) is 4.79 Å². The van der Waals surface area contributed by atoms with Gasteiger partial charge in [-0.15, -0.1) is 0 Å². The molecule has 20 heavy (non-hydrogen) atoms. The Labute approximate surface area is 117 Å². The van der Waals surface area contributed by atoms with Crippen LogP contribution in [0.1, 0.15) is 35.9 Å². The van der Waals surface area contributed by atoms with E-state index < -0.39 is 0 Å². The Morgan fingerprint density at radius 1 is 1.25 bits per heavy atom. The monoisotopic (exact) mass is 274 g/mol. The fourth-order valence-corrected chi connectivity index (χ4v) is 1.67. The Hall–Kier alpha value is -2.37. The standard InChI is InChI=1S/C14H18N4O2/c1-3-11-8-17-13(20-11)9-18-14(19)10-5-6-12(15-4-2)16-7-10/h5-8H,3-4,9H2,1-2H3,(H,15,16)(H,18,19). The van der Waals surface area contributed by atoms with Crippen molar-refractivity contribution in [1.82, 2.24) is 15.3 Å². The fourth-order valence-electron chi connectivity index (χ4n) is 1.67. The van der Waals surface area contributed by atoms with Crippen LogP contribution in [0.2, 0.25) is 0 Å². The molecule has 0 radical (unpaired) electrons. The topological polar surface area (TPSA) is 80.0 Å². The van der Waals surface area contributed by atoms with E-state index in [0.717, 1.165) is 24.5 Å². The van der Waals surface area contributed by atoms with Crippen LogP contribution in [-0.4, -0.2) is 22.4 Å². The van der Waals surface area contributed by atoms with Crippen LogP contribution < -0.4 is 10.6 Å². The van der Waals surface area contributed by atoms with Gasteiger partial charge in [-0.1, -0.05) is 6.92 Å². The van der Waals surface area contributed by atoms with E-state index >= 15 is 0 Å². The van der Waals surface area contributed by atoms with E-state index in [4.69, 9.17) is 4.42 Å². The van der Waals surface area contributed by atoms with Gasteiger partial charge in [0.15, 0.2) is 0 Å². The van der Waals surface area contributed by atoms with Gasteiger partial charge in [-0.25, -0.2) is 9.97 Å². The van der Waals surface area contributed by atoms with Crippen LogP contribution in [0.25, 0.3) is 0 Å². The lowest BCUT2D eigenvalue weighted by atomic mass is 10.2. The van der Waals surface area contributed by atoms with E-state index in [9.17, 15) is 4.79 Å². The quantitative estimate of drug-likeness (QED) is 0.842. The second-order valence-corrected chi connectivity index (χ2v) is 4.22. The zero-order chi connectivity index (χ0) is 14.4. The molecule has 106 valence electrons. The number of aryl methyl sites for hydroxylation is 1. The maximum Gasteiger partial charge on any atom is 0.253 e. The first-order chi connectivity index (χ1) is 9.72. The molecule has 0 fully saturated rings. The third kappa shape index (κ3) is 3.57. The SMILES string of the molecule is CCNc1ccc(C(=O)NCc2ncc(CC)o2)cn1. The van der Waals surface area contributed by atoms with Crippen LogP contribution in [0.4, 0.5) is 5.82 Å². The highest BCUT2D eigenvalue weighted by atomic mass is 16.4. The van der Waals surface area contributed by atoms with Gasteiger partial charge in [0, 0.05) is 19.2 Å². The van der Waals surface area contributed by atoms with Gasteiger partial charge < -0.3 is 15.1 Å². The minimum Gasteiger partial charge on any atom is -0.444 e. The molecular formula is C14H18N4O2. The van der Waals surface area contributed by atoms with Gasteiger partial charge in [0.25, 0.3) is 5.91 Å². The Kier molecular flexibility index (Phi) is 4.70. The first kappa shape index (κ1) is 14.0. The third-order valence-corrected chi connectivity index (χ3v) is 2.73. The maximum atomic E-state index is 11.9. The van der Waals surface area contributed by atoms with Crippen molar-refractivity contribution in [2.45, 2.75) is 26.8 Å². The van der Waals surface area contributed by atoms with Crippen LogP contribution >= 0.6 is 0 Å². The van der Waals surface area contributed by atoms with Crippen LogP contribution in [0.15, 0.2) is 28.9 Å². The minimum atomic E-state index is -0.197. The normalized spacial score (nSPS) is 10.3. The molecule has 0 saturated heterocycles. The Bertz CT molecular complexity index is 563. The number of oxazole rings is 1. The van der Waals surface area contributed by atoms with Gasteiger partial charge in [-0.05, 0) is 19.1 Å². The summed E-state index contributed by atoms with van der Waals surface area (Å²) >= 11 is 0. The number of hydrogen-bond donors (Lipinski definition) is 2. The van der Waals surface area contributed by atoms with Crippen molar-refractivity contribution in [2.75, 3.05) is 11.9 Å². The summed E-state index contributed by atoms with van der Waals surface area (Å²) in [4.78, 5) is 20.2. The van der Waals surface area contributed by atoms with Crippen molar-refractivity contribution in [2.24, 2.45) is 0 Å². The van der Waals surface area contributed by atoms with Gasteiger partial charge in [0.05, 0.1) is 18.3 Å². The Morgan fingerprint density at radius 3 is 2.70 bits per heavy atom. The molecule has 0 bridgehead atoms. The lowest BCUT2D eigenvalue weighted by Gasteiger charge is -2.04. The van der Waals surface area contributed by atoms with Crippen molar-refractivity contribution in [3.05, 3.63) is 41.7 Å². The van der Waals surface area contributed by atoms with Crippen LogP contribution in [-0.2, 0) is 13.0 Å². The number of nitrogens with one attached hydrogen (secondary N) is 2. The molecule has 0 aliphatic rings. The largest absolute Gasteiger partial charge is 0.444 e. The molecule has 0 atom stereocenters. The summed E-state index contributed by atoms with van der Waals surface area (Å²) in [6.07, 6.45) is 4.01. The van der Waals surface area contributed by atoms with E-state index in [1.165, 1.54) is 0 Å². The summed E-state index contributed by atoms with van der Waals surface area (Å²) in [6.45, 7) is 5.04. The van der Waals surface area contributed by atoms with E-state index in [2.05, 4.69) is 20.6 Å². The smallest absolute Gasteiger partial charge is 0.253 e. The number of aromatic nitrogens is 2. The van der Waals surface area contributed by atoms with Crippen LogP contribution in [0.5, 0.6) is 0 Å². The first-order valence-corrected chi connectivity index (χ1v) is 6.64. The van der Waals surface area contributed by atoms with Crippen LogP contribution in [0.3, 0.4) is 0 Å². The van der Waals surface area contributed by atoms with Crippen LogP contribution in [0, 0.1) is 0 Å². The van der Waals surface area contributed by atoms with Crippen molar-refractivity contribution in [3.8, 4) is 0 Å². The van der Waals surface area contributed by atoms with Crippen molar-refractivity contribution >= 4 is 11.7 Å². The predicted molar refractivity (Wildman–Crippen MR) is 75.5 cm³/mol. The molecule has 0 aliphatic carbocycles. The number of carbonyl (C=O) groups is 1. The molecule has 6 nitrogen and oxygen atoms in total. The number of anilines is 1. The van der Waals surface area contributed by atoms with Gasteiger partial charge in [0.2, 0.25) is 5.89 Å². The lowest BCUT2D eigenvalue weighted by Crippen LogP contribution is -2.23. The molecule has 1 amide bonds. The highest BCUT2D eigenvalue weighted by Crippen LogP contribution is 2.06. The summed E-state index contributed by atoms with van der Waals surface area (Å²) in [5, 5.41) is 5.82. The fraction of sp³-hybridized carbons (Fsp3) is 0.357. The molecular weight excluding hydrogens is 256 g/mol. The van der Waals surface area contributed by atoms with Gasteiger partial charge in [0.1, 0.15) is 11.6 Å². The summed E-state index contributed by atoms with van der Waals surface area (Å²) in [5.74, 6) is 1.87. The molecule has 2 aromatic rings. The molecule has 0 unspecified atom stereocenters. The zero-order valence-corrected chi connectivity index (χ0v) is 11.6. The second-order valence-electron chi connectivity index (χ2n) is 4.22. The molecule has 2 rings (SSSR count). The number of pyridine rings is 1. The molecule has 0 spiro atoms. The number of nitrogens with zero attached hydrogens (tertiary/aromatic N) is 2. The Balaban J connectivity index is 1.90.